The van der Waals surface area contributed by atoms with E-state index in [4.69, 9.17) is 4.74 Å². The van der Waals surface area contributed by atoms with Crippen LogP contribution in [0.2, 0.25) is 0 Å². The van der Waals surface area contributed by atoms with Crippen molar-refractivity contribution in [1.82, 2.24) is 0 Å². The van der Waals surface area contributed by atoms with Gasteiger partial charge in [0.15, 0.2) is 11.6 Å². The number of esters is 1. The van der Waals surface area contributed by atoms with Gasteiger partial charge in [0.2, 0.25) is 0 Å². The summed E-state index contributed by atoms with van der Waals surface area (Å²) in [5.41, 5.74) is -1.25. The number of rotatable bonds is 4. The Bertz CT molecular complexity index is 374. The Morgan fingerprint density at radius 3 is 2.58 bits per heavy atom. The molecule has 0 spiro atoms. The number of carbonyl (C=O) groups is 3. The monoisotopic (exact) mass is 266 g/mol. The summed E-state index contributed by atoms with van der Waals surface area (Å²) in [7, 11) is 0. The quantitative estimate of drug-likeness (QED) is 0.446. The Balaban J connectivity index is 3.08. The van der Waals surface area contributed by atoms with Gasteiger partial charge in [0.1, 0.15) is 5.41 Å². The summed E-state index contributed by atoms with van der Waals surface area (Å²) < 4.78 is 5.06. The van der Waals surface area contributed by atoms with Crippen LogP contribution in [0.5, 0.6) is 0 Å². The van der Waals surface area contributed by atoms with Crippen molar-refractivity contribution in [3.63, 3.8) is 0 Å². The second kappa shape index (κ2) is 7.22. The second-order valence-electron chi connectivity index (χ2n) is 4.97. The average Bonchev–Trinajstić information content (AvgIpc) is 2.34. The minimum absolute atomic E-state index is 0.122. The van der Waals surface area contributed by atoms with Crippen LogP contribution < -0.4 is 0 Å². The second-order valence-corrected chi connectivity index (χ2v) is 4.97. The Hall–Kier alpha value is -1.45. The highest BCUT2D eigenvalue weighted by atomic mass is 16.5. The Morgan fingerprint density at radius 2 is 1.95 bits per heavy atom. The van der Waals surface area contributed by atoms with Crippen molar-refractivity contribution in [2.45, 2.75) is 52.4 Å². The predicted molar refractivity (Wildman–Crippen MR) is 71.6 cm³/mol. The van der Waals surface area contributed by atoms with Crippen LogP contribution in [0, 0.1) is 5.41 Å². The van der Waals surface area contributed by atoms with Crippen molar-refractivity contribution >= 4 is 17.5 Å². The van der Waals surface area contributed by atoms with E-state index in [9.17, 15) is 14.4 Å². The van der Waals surface area contributed by atoms with E-state index in [1.165, 1.54) is 19.1 Å². The molecule has 0 saturated heterocycles. The first-order valence-corrected chi connectivity index (χ1v) is 6.93. The van der Waals surface area contributed by atoms with Crippen molar-refractivity contribution in [3.05, 3.63) is 12.2 Å². The first kappa shape index (κ1) is 15.6. The maximum Gasteiger partial charge on any atom is 0.323 e. The van der Waals surface area contributed by atoms with Gasteiger partial charge >= 0.3 is 5.97 Å². The van der Waals surface area contributed by atoms with Gasteiger partial charge in [-0.2, -0.15) is 0 Å². The van der Waals surface area contributed by atoms with Crippen molar-refractivity contribution in [1.29, 1.82) is 0 Å². The molecule has 0 aromatic rings. The Kier molecular flexibility index (Phi) is 5.93. The maximum absolute atomic E-state index is 12.4. The van der Waals surface area contributed by atoms with Gasteiger partial charge in [-0.3, -0.25) is 14.4 Å². The lowest BCUT2D eigenvalue weighted by atomic mass is 9.74. The van der Waals surface area contributed by atoms with E-state index in [1.807, 2.05) is 0 Å². The van der Waals surface area contributed by atoms with Gasteiger partial charge in [-0.25, -0.2) is 0 Å². The zero-order chi connectivity index (χ0) is 14.3. The zero-order valence-corrected chi connectivity index (χ0v) is 11.7. The third-order valence-electron chi connectivity index (χ3n) is 3.46. The molecule has 1 atom stereocenters. The van der Waals surface area contributed by atoms with E-state index >= 15 is 0 Å². The summed E-state index contributed by atoms with van der Waals surface area (Å²) in [5, 5.41) is 0. The molecule has 4 nitrogen and oxygen atoms in total. The third kappa shape index (κ3) is 4.01. The summed E-state index contributed by atoms with van der Waals surface area (Å²) in [6.07, 6.45) is 7.21. The topological polar surface area (TPSA) is 60.4 Å². The molecule has 1 aliphatic rings. The van der Waals surface area contributed by atoms with Crippen molar-refractivity contribution in [2.24, 2.45) is 5.41 Å². The molecule has 4 heteroatoms. The number of allylic oxidation sites excluding steroid dienone is 1. The van der Waals surface area contributed by atoms with Crippen molar-refractivity contribution in [2.75, 3.05) is 6.61 Å². The SMILES string of the molecule is CCOC(=O)C1(/C=C/C(C)=O)CCCCCCC1=O. The fourth-order valence-electron chi connectivity index (χ4n) is 2.39. The highest BCUT2D eigenvalue weighted by Crippen LogP contribution is 2.34. The standard InChI is InChI=1S/C15H22O4/c1-3-19-14(18)15(11-9-12(2)16)10-7-5-4-6-8-13(15)17/h9,11H,3-8,10H2,1-2H3/b11-9+. The molecule has 0 aromatic heterocycles. The van der Waals surface area contributed by atoms with Crippen LogP contribution in [0.1, 0.15) is 52.4 Å². The molecule has 1 aliphatic carbocycles. The summed E-state index contributed by atoms with van der Waals surface area (Å²) in [6.45, 7) is 3.36. The molecule has 0 aliphatic heterocycles. The molecule has 1 rings (SSSR count). The number of carbonyl (C=O) groups excluding carboxylic acids is 3. The number of Topliss-reactive ketones (excluding diaryl/α,β-unsaturated/α-hetero) is 1. The average molecular weight is 266 g/mol. The predicted octanol–water partition coefficient (Wildman–Crippen LogP) is 2.60. The fourth-order valence-corrected chi connectivity index (χ4v) is 2.39. The lowest BCUT2D eigenvalue weighted by Crippen LogP contribution is -2.40. The molecule has 1 saturated carbocycles. The molecule has 0 radical (unpaired) electrons. The molecule has 0 amide bonds. The lowest BCUT2D eigenvalue weighted by Gasteiger charge is -2.28. The minimum atomic E-state index is -1.25. The van der Waals surface area contributed by atoms with Crippen LogP contribution >= 0.6 is 0 Å². The number of ketones is 2. The van der Waals surface area contributed by atoms with E-state index in [-0.39, 0.29) is 18.2 Å². The van der Waals surface area contributed by atoms with Crippen molar-refractivity contribution in [3.8, 4) is 0 Å². The number of ether oxygens (including phenoxy) is 1. The van der Waals surface area contributed by atoms with E-state index < -0.39 is 11.4 Å². The summed E-state index contributed by atoms with van der Waals surface area (Å²) in [6, 6.07) is 0. The van der Waals surface area contributed by atoms with E-state index in [1.54, 1.807) is 6.92 Å². The van der Waals surface area contributed by atoms with Gasteiger partial charge in [0.25, 0.3) is 0 Å². The van der Waals surface area contributed by atoms with E-state index in [2.05, 4.69) is 0 Å². The fraction of sp³-hybridized carbons (Fsp3) is 0.667. The molecule has 0 heterocycles. The maximum atomic E-state index is 12.4. The van der Waals surface area contributed by atoms with Gasteiger partial charge < -0.3 is 4.74 Å². The summed E-state index contributed by atoms with van der Waals surface area (Å²) in [4.78, 5) is 35.7. The van der Waals surface area contributed by atoms with E-state index in [0.29, 0.717) is 12.8 Å². The van der Waals surface area contributed by atoms with Gasteiger partial charge in [0.05, 0.1) is 6.61 Å². The van der Waals surface area contributed by atoms with Crippen LogP contribution in [0.15, 0.2) is 12.2 Å². The van der Waals surface area contributed by atoms with Crippen LogP contribution in [0.3, 0.4) is 0 Å². The molecule has 0 bridgehead atoms. The van der Waals surface area contributed by atoms with Gasteiger partial charge in [-0.05, 0) is 32.8 Å². The Morgan fingerprint density at radius 1 is 1.26 bits per heavy atom. The number of hydrogen-bond acceptors (Lipinski definition) is 4. The van der Waals surface area contributed by atoms with Crippen LogP contribution in [-0.4, -0.2) is 24.1 Å². The van der Waals surface area contributed by atoms with Gasteiger partial charge in [-0.1, -0.05) is 25.3 Å². The molecule has 1 fully saturated rings. The Labute approximate surface area is 114 Å². The lowest BCUT2D eigenvalue weighted by molar-refractivity contribution is -0.157. The van der Waals surface area contributed by atoms with E-state index in [0.717, 1.165) is 25.7 Å². The van der Waals surface area contributed by atoms with Gasteiger partial charge in [0, 0.05) is 6.42 Å². The minimum Gasteiger partial charge on any atom is -0.465 e. The molecule has 0 N–H and O–H groups in total. The third-order valence-corrected chi connectivity index (χ3v) is 3.46. The smallest absolute Gasteiger partial charge is 0.323 e. The van der Waals surface area contributed by atoms with Crippen LogP contribution in [-0.2, 0) is 19.1 Å². The van der Waals surface area contributed by atoms with Crippen LogP contribution in [0.4, 0.5) is 0 Å². The normalized spacial score (nSPS) is 24.8. The van der Waals surface area contributed by atoms with Gasteiger partial charge in [-0.15, -0.1) is 0 Å². The summed E-state index contributed by atoms with van der Waals surface area (Å²) >= 11 is 0. The molecule has 0 aromatic carbocycles. The summed E-state index contributed by atoms with van der Waals surface area (Å²) in [5.74, 6) is -0.805. The molecule has 1 unspecified atom stereocenters. The van der Waals surface area contributed by atoms with Crippen molar-refractivity contribution < 1.29 is 19.1 Å². The highest BCUT2D eigenvalue weighted by molar-refractivity contribution is 6.06. The molecular weight excluding hydrogens is 244 g/mol. The highest BCUT2D eigenvalue weighted by Gasteiger charge is 2.44. The zero-order valence-electron chi connectivity index (χ0n) is 11.7. The first-order valence-electron chi connectivity index (χ1n) is 6.93. The largest absolute Gasteiger partial charge is 0.465 e. The first-order chi connectivity index (χ1) is 9.03. The molecular formula is C15H22O4. The number of hydrogen-bond donors (Lipinski definition) is 0. The van der Waals surface area contributed by atoms with Crippen LogP contribution in [0.25, 0.3) is 0 Å². The molecule has 106 valence electrons. The molecule has 19 heavy (non-hydrogen) atoms.